The second-order valence-corrected chi connectivity index (χ2v) is 21.9. The van der Waals surface area contributed by atoms with Crippen molar-refractivity contribution in [2.75, 3.05) is 13.2 Å². The number of aliphatic hydroxyl groups is 5. The largest absolute Gasteiger partial charge is 0.394 e. The van der Waals surface area contributed by atoms with Crippen LogP contribution in [0.2, 0.25) is 0 Å². The predicted octanol–water partition coefficient (Wildman–Crippen LogP) is 15.7. The first-order valence-corrected chi connectivity index (χ1v) is 31.1. The third-order valence-corrected chi connectivity index (χ3v) is 15.0. The van der Waals surface area contributed by atoms with Crippen LogP contribution in [0.1, 0.15) is 309 Å². The second-order valence-electron chi connectivity index (χ2n) is 21.9. The van der Waals surface area contributed by atoms with Crippen molar-refractivity contribution in [3.63, 3.8) is 0 Å². The molecule has 1 heterocycles. The van der Waals surface area contributed by atoms with Crippen LogP contribution in [0.4, 0.5) is 0 Å². The first-order valence-electron chi connectivity index (χ1n) is 31.1. The Balaban J connectivity index is 2.21. The molecule has 0 aromatic rings. The van der Waals surface area contributed by atoms with E-state index >= 15 is 0 Å². The van der Waals surface area contributed by atoms with E-state index in [1.807, 2.05) is 6.08 Å². The molecule has 0 aliphatic carbocycles. The molecule has 6 N–H and O–H groups in total. The van der Waals surface area contributed by atoms with Crippen LogP contribution >= 0.6 is 0 Å². The summed E-state index contributed by atoms with van der Waals surface area (Å²) in [4.78, 5) is 13.1. The number of nitrogens with one attached hydrogen (secondary N) is 1. The lowest BCUT2D eigenvalue weighted by Crippen LogP contribution is -2.60. The summed E-state index contributed by atoms with van der Waals surface area (Å²) in [5, 5.41) is 54.6. The van der Waals surface area contributed by atoms with Gasteiger partial charge in [-0.1, -0.05) is 295 Å². The summed E-state index contributed by atoms with van der Waals surface area (Å²) in [7, 11) is 0. The molecule has 1 aliphatic rings. The Labute approximate surface area is 439 Å². The summed E-state index contributed by atoms with van der Waals surface area (Å²) in [6.45, 7) is 3.81. The molecule has 0 aromatic heterocycles. The number of carbonyl (C=O) groups excluding carboxylic acids is 1. The molecule has 0 spiro atoms. The number of rotatable bonds is 54. The summed E-state index contributed by atoms with van der Waals surface area (Å²) in [5.74, 6) is -0.180. The van der Waals surface area contributed by atoms with Gasteiger partial charge in [0.05, 0.1) is 25.4 Å². The van der Waals surface area contributed by atoms with Crippen LogP contribution in [0.15, 0.2) is 24.3 Å². The highest BCUT2D eigenvalue weighted by molar-refractivity contribution is 5.76. The standard InChI is InChI=1S/C62H119NO8/c1-3-5-7-9-11-13-15-17-19-21-23-25-27-28-30-31-33-35-37-39-41-43-45-47-49-51-56(65)55(54-70-62-61(69)60(68)59(67)57(53-64)71-62)63-58(66)52-50-48-46-44-42-40-38-36-34-32-29-26-24-22-20-18-16-14-12-10-8-6-4-2/h41,43,49,51,55-57,59-62,64-65,67-69H,3-40,42,44-48,50,52-54H2,1-2H3,(H,63,66)/b43-41+,51-49+. The summed E-state index contributed by atoms with van der Waals surface area (Å²) in [5.41, 5.74) is 0. The van der Waals surface area contributed by atoms with Gasteiger partial charge in [0.25, 0.3) is 0 Å². The molecule has 9 heteroatoms. The van der Waals surface area contributed by atoms with Gasteiger partial charge in [0, 0.05) is 6.42 Å². The predicted molar refractivity (Wildman–Crippen MR) is 300 cm³/mol. The van der Waals surface area contributed by atoms with Crippen LogP contribution in [-0.2, 0) is 14.3 Å². The molecule has 71 heavy (non-hydrogen) atoms. The van der Waals surface area contributed by atoms with Gasteiger partial charge in [0.15, 0.2) is 6.29 Å². The third kappa shape index (κ3) is 41.6. The Morgan fingerprint density at radius 2 is 0.803 bits per heavy atom. The molecule has 1 rings (SSSR count). The van der Waals surface area contributed by atoms with Crippen molar-refractivity contribution >= 4 is 5.91 Å². The highest BCUT2D eigenvalue weighted by atomic mass is 16.7. The zero-order chi connectivity index (χ0) is 51.5. The van der Waals surface area contributed by atoms with E-state index in [-0.39, 0.29) is 12.5 Å². The van der Waals surface area contributed by atoms with Crippen molar-refractivity contribution < 1.29 is 39.8 Å². The van der Waals surface area contributed by atoms with Crippen LogP contribution in [0.25, 0.3) is 0 Å². The fraction of sp³-hybridized carbons (Fsp3) is 0.919. The average molecular weight is 1010 g/mol. The molecule has 1 fully saturated rings. The van der Waals surface area contributed by atoms with Gasteiger partial charge in [-0.3, -0.25) is 4.79 Å². The molecule has 1 aliphatic heterocycles. The highest BCUT2D eigenvalue weighted by Gasteiger charge is 2.44. The number of unbranched alkanes of at least 4 members (excludes halogenated alkanes) is 42. The average Bonchev–Trinajstić information content (AvgIpc) is 3.37. The lowest BCUT2D eigenvalue weighted by atomic mass is 9.99. The van der Waals surface area contributed by atoms with Crippen molar-refractivity contribution in [1.82, 2.24) is 5.32 Å². The topological polar surface area (TPSA) is 149 Å². The maximum atomic E-state index is 13.1. The maximum Gasteiger partial charge on any atom is 0.220 e. The number of ether oxygens (including phenoxy) is 2. The monoisotopic (exact) mass is 1010 g/mol. The molecule has 1 saturated heterocycles. The Morgan fingerprint density at radius 1 is 0.465 bits per heavy atom. The molecular formula is C62H119NO8. The number of allylic oxidation sites excluding steroid dienone is 3. The zero-order valence-corrected chi connectivity index (χ0v) is 46.8. The zero-order valence-electron chi connectivity index (χ0n) is 46.8. The lowest BCUT2D eigenvalue weighted by molar-refractivity contribution is -0.302. The summed E-state index contributed by atoms with van der Waals surface area (Å²) >= 11 is 0. The van der Waals surface area contributed by atoms with Crippen molar-refractivity contribution in [3.8, 4) is 0 Å². The van der Waals surface area contributed by atoms with Gasteiger partial charge in [0.2, 0.25) is 5.91 Å². The quantitative estimate of drug-likeness (QED) is 0.0261. The molecule has 9 nitrogen and oxygen atoms in total. The van der Waals surface area contributed by atoms with E-state index in [0.29, 0.717) is 6.42 Å². The molecule has 0 aromatic carbocycles. The number of amides is 1. The van der Waals surface area contributed by atoms with Gasteiger partial charge in [-0.15, -0.1) is 0 Å². The second kappa shape index (κ2) is 52.1. The molecule has 420 valence electrons. The van der Waals surface area contributed by atoms with Gasteiger partial charge < -0.3 is 40.3 Å². The SMILES string of the molecule is CCCCCCCCCCCCCCCCCCCCC/C=C/CC/C=C/C(O)C(COC1OC(CO)C(O)C(O)C1O)NC(=O)CCCCCCCCCCCCCCCCCCCCCCCCC. The van der Waals surface area contributed by atoms with Gasteiger partial charge in [-0.05, 0) is 32.1 Å². The number of hydrogen-bond donors (Lipinski definition) is 6. The smallest absolute Gasteiger partial charge is 0.220 e. The van der Waals surface area contributed by atoms with Crippen LogP contribution < -0.4 is 5.32 Å². The van der Waals surface area contributed by atoms with Gasteiger partial charge >= 0.3 is 0 Å². The first kappa shape index (κ1) is 67.7. The Morgan fingerprint density at radius 3 is 1.18 bits per heavy atom. The molecular weight excluding hydrogens is 887 g/mol. The Bertz CT molecular complexity index is 1170. The number of carbonyl (C=O) groups is 1. The Hall–Kier alpha value is -1.33. The van der Waals surface area contributed by atoms with Crippen LogP contribution in [0, 0.1) is 0 Å². The molecule has 1 amide bonds. The fourth-order valence-electron chi connectivity index (χ4n) is 10.1. The summed E-state index contributed by atoms with van der Waals surface area (Å²) < 4.78 is 11.3. The van der Waals surface area contributed by atoms with E-state index in [4.69, 9.17) is 9.47 Å². The molecule has 0 radical (unpaired) electrons. The van der Waals surface area contributed by atoms with Gasteiger partial charge in [-0.2, -0.15) is 0 Å². The van der Waals surface area contributed by atoms with E-state index in [9.17, 15) is 30.3 Å². The van der Waals surface area contributed by atoms with Crippen LogP contribution in [0.5, 0.6) is 0 Å². The number of aliphatic hydroxyl groups excluding tert-OH is 5. The normalized spacial score (nSPS) is 19.3. The van der Waals surface area contributed by atoms with Crippen molar-refractivity contribution in [3.05, 3.63) is 24.3 Å². The van der Waals surface area contributed by atoms with Crippen molar-refractivity contribution in [1.29, 1.82) is 0 Å². The van der Waals surface area contributed by atoms with Gasteiger partial charge in [0.1, 0.15) is 24.4 Å². The summed E-state index contributed by atoms with van der Waals surface area (Å²) in [6, 6.07) is -0.819. The minimum Gasteiger partial charge on any atom is -0.394 e. The van der Waals surface area contributed by atoms with Gasteiger partial charge in [-0.25, -0.2) is 0 Å². The molecule has 0 bridgehead atoms. The van der Waals surface area contributed by atoms with Crippen molar-refractivity contribution in [2.45, 2.75) is 352 Å². The van der Waals surface area contributed by atoms with Crippen LogP contribution in [-0.4, -0.2) is 87.5 Å². The Kier molecular flexibility index (Phi) is 49.7. The van der Waals surface area contributed by atoms with E-state index in [1.54, 1.807) is 6.08 Å². The molecule has 7 unspecified atom stereocenters. The first-order chi connectivity index (χ1) is 34.8. The minimum absolute atomic E-state index is 0.180. The highest BCUT2D eigenvalue weighted by Crippen LogP contribution is 2.23. The van der Waals surface area contributed by atoms with E-state index in [0.717, 1.165) is 38.5 Å². The molecule has 0 saturated carbocycles. The maximum absolute atomic E-state index is 13.1. The minimum atomic E-state index is -1.57. The van der Waals surface area contributed by atoms with E-state index in [1.165, 1.54) is 250 Å². The summed E-state index contributed by atoms with van der Waals surface area (Å²) in [6.07, 6.45) is 59.7. The van der Waals surface area contributed by atoms with E-state index in [2.05, 4.69) is 31.3 Å². The third-order valence-electron chi connectivity index (χ3n) is 15.0. The number of hydrogen-bond acceptors (Lipinski definition) is 8. The van der Waals surface area contributed by atoms with Crippen molar-refractivity contribution in [2.24, 2.45) is 0 Å². The fourth-order valence-corrected chi connectivity index (χ4v) is 10.1. The van der Waals surface area contributed by atoms with Crippen LogP contribution in [0.3, 0.4) is 0 Å². The lowest BCUT2D eigenvalue weighted by Gasteiger charge is -2.40. The molecule has 7 atom stereocenters. The van der Waals surface area contributed by atoms with E-state index < -0.39 is 49.5 Å².